The average molecular weight is 495 g/mol. The Morgan fingerprint density at radius 3 is 2.76 bits per heavy atom. The van der Waals surface area contributed by atoms with Crippen molar-refractivity contribution in [1.82, 2.24) is 24.4 Å². The molecular weight excluding hydrogens is 468 g/mol. The third kappa shape index (κ3) is 4.72. The van der Waals surface area contributed by atoms with E-state index in [-0.39, 0.29) is 5.57 Å². The van der Waals surface area contributed by atoms with Crippen LogP contribution < -0.4 is 10.6 Å². The lowest BCUT2D eigenvalue weighted by atomic mass is 9.95. The second-order valence-corrected chi connectivity index (χ2v) is 8.76. The number of nitriles is 1. The van der Waals surface area contributed by atoms with Crippen LogP contribution in [0.2, 0.25) is 0 Å². The van der Waals surface area contributed by atoms with E-state index in [1.807, 2.05) is 29.3 Å². The summed E-state index contributed by atoms with van der Waals surface area (Å²) in [6.07, 6.45) is 12.0. The van der Waals surface area contributed by atoms with Gasteiger partial charge in [-0.2, -0.15) is 15.5 Å². The summed E-state index contributed by atoms with van der Waals surface area (Å²) in [6, 6.07) is 8.06. The molecule has 0 atom stereocenters. The summed E-state index contributed by atoms with van der Waals surface area (Å²) in [6.45, 7) is 6.38. The Bertz CT molecular complexity index is 1560. The van der Waals surface area contributed by atoms with Crippen molar-refractivity contribution in [1.29, 1.82) is 5.26 Å². The topological polar surface area (TPSA) is 127 Å². The van der Waals surface area contributed by atoms with E-state index in [9.17, 15) is 10.1 Å². The number of methoxy groups -OCH3 is 1. The van der Waals surface area contributed by atoms with Crippen molar-refractivity contribution in [3.63, 3.8) is 0 Å². The monoisotopic (exact) mass is 494 g/mol. The van der Waals surface area contributed by atoms with Crippen LogP contribution in [0.5, 0.6) is 0 Å². The van der Waals surface area contributed by atoms with Crippen molar-refractivity contribution in [2.75, 3.05) is 31.7 Å². The van der Waals surface area contributed by atoms with Crippen LogP contribution in [0.1, 0.15) is 23.2 Å². The molecule has 2 N–H and O–H groups in total. The molecular formula is C27H26N8O2. The largest absolute Gasteiger partial charge is 0.383 e. The molecule has 10 heteroatoms. The van der Waals surface area contributed by atoms with Crippen LogP contribution in [-0.2, 0) is 16.1 Å². The Hall–Kier alpha value is -4.75. The minimum Gasteiger partial charge on any atom is -0.383 e. The van der Waals surface area contributed by atoms with E-state index in [4.69, 9.17) is 10.5 Å². The summed E-state index contributed by atoms with van der Waals surface area (Å²) >= 11 is 0. The summed E-state index contributed by atoms with van der Waals surface area (Å²) < 4.78 is 8.78. The zero-order valence-corrected chi connectivity index (χ0v) is 20.5. The predicted molar refractivity (Wildman–Crippen MR) is 140 cm³/mol. The summed E-state index contributed by atoms with van der Waals surface area (Å²) in [4.78, 5) is 17.9. The van der Waals surface area contributed by atoms with Gasteiger partial charge in [-0.1, -0.05) is 12.7 Å². The molecule has 0 aromatic carbocycles. The number of primary amides is 1. The van der Waals surface area contributed by atoms with Crippen molar-refractivity contribution in [2.24, 2.45) is 5.73 Å². The summed E-state index contributed by atoms with van der Waals surface area (Å²) in [7, 11) is 1.67. The Balaban J connectivity index is 1.45. The highest BCUT2D eigenvalue weighted by molar-refractivity contribution is 6.17. The lowest BCUT2D eigenvalue weighted by molar-refractivity contribution is -0.112. The molecule has 1 aliphatic rings. The SMILES string of the molecule is C=C(C(N)=O)c1ccc(N2CC=C(c3cc(-c4cnn(CCOC)c4)cn4ncc(C#N)c34)CC2)cn1. The average Bonchev–Trinajstić information content (AvgIpc) is 3.58. The molecule has 0 bridgehead atoms. The Morgan fingerprint density at radius 1 is 1.22 bits per heavy atom. The highest BCUT2D eigenvalue weighted by atomic mass is 16.5. The smallest absolute Gasteiger partial charge is 0.250 e. The van der Waals surface area contributed by atoms with Gasteiger partial charge in [-0.3, -0.25) is 14.5 Å². The number of rotatable bonds is 8. The fourth-order valence-electron chi connectivity index (χ4n) is 4.45. The molecule has 186 valence electrons. The van der Waals surface area contributed by atoms with Gasteiger partial charge in [0.15, 0.2) is 0 Å². The van der Waals surface area contributed by atoms with Crippen LogP contribution in [0.4, 0.5) is 5.69 Å². The number of anilines is 1. The van der Waals surface area contributed by atoms with E-state index in [1.54, 1.807) is 30.1 Å². The summed E-state index contributed by atoms with van der Waals surface area (Å²) in [5.74, 6) is -0.585. The number of hydrogen-bond donors (Lipinski definition) is 1. The lowest BCUT2D eigenvalue weighted by Crippen LogP contribution is -2.28. The van der Waals surface area contributed by atoms with Gasteiger partial charge in [-0.25, -0.2) is 4.52 Å². The highest BCUT2D eigenvalue weighted by Gasteiger charge is 2.20. The quantitative estimate of drug-likeness (QED) is 0.373. The van der Waals surface area contributed by atoms with Crippen molar-refractivity contribution >= 4 is 28.3 Å². The van der Waals surface area contributed by atoms with Gasteiger partial charge in [0.1, 0.15) is 6.07 Å². The number of pyridine rings is 2. The molecule has 5 rings (SSSR count). The third-order valence-corrected chi connectivity index (χ3v) is 6.50. The third-order valence-electron chi connectivity index (χ3n) is 6.50. The first-order valence-corrected chi connectivity index (χ1v) is 11.8. The first-order valence-electron chi connectivity index (χ1n) is 11.8. The number of ether oxygens (including phenoxy) is 1. The van der Waals surface area contributed by atoms with Gasteiger partial charge in [-0.15, -0.1) is 0 Å². The van der Waals surface area contributed by atoms with Gasteiger partial charge in [-0.05, 0) is 30.2 Å². The molecule has 10 nitrogen and oxygen atoms in total. The van der Waals surface area contributed by atoms with Gasteiger partial charge in [0.25, 0.3) is 0 Å². The summed E-state index contributed by atoms with van der Waals surface area (Å²) in [5.41, 5.74) is 12.3. The van der Waals surface area contributed by atoms with Gasteiger partial charge >= 0.3 is 0 Å². The van der Waals surface area contributed by atoms with E-state index in [1.165, 1.54) is 0 Å². The maximum absolute atomic E-state index is 11.4. The number of carbonyl (C=O) groups is 1. The maximum Gasteiger partial charge on any atom is 0.250 e. The van der Waals surface area contributed by atoms with Crippen LogP contribution in [0.3, 0.4) is 0 Å². The van der Waals surface area contributed by atoms with Crippen molar-refractivity contribution in [2.45, 2.75) is 13.0 Å². The standard InChI is InChI=1S/C27H26N8O2/c1-18(27(29)36)25-4-3-23(15-30-25)33-7-5-19(6-8-33)24-11-20(17-35-26(24)21(12-28)13-32-35)22-14-31-34(16-22)9-10-37-2/h3-5,11,13-17H,1,6-10H2,2H3,(H2,29,36). The number of fused-ring (bicyclic) bond motifs is 1. The fraction of sp³-hybridized carbons (Fsp3) is 0.222. The van der Waals surface area contributed by atoms with E-state index in [0.717, 1.165) is 46.4 Å². The molecule has 37 heavy (non-hydrogen) atoms. The summed E-state index contributed by atoms with van der Waals surface area (Å²) in [5, 5.41) is 18.6. The molecule has 0 fully saturated rings. The number of amides is 1. The molecule has 0 saturated heterocycles. The second kappa shape index (κ2) is 10.1. The van der Waals surface area contributed by atoms with Crippen LogP contribution in [-0.4, -0.2) is 57.1 Å². The molecule has 0 unspecified atom stereocenters. The molecule has 0 aliphatic carbocycles. The molecule has 0 saturated carbocycles. The number of hydrogen-bond acceptors (Lipinski definition) is 7. The molecule has 5 heterocycles. The first kappa shape index (κ1) is 24.0. The minimum atomic E-state index is -0.585. The zero-order chi connectivity index (χ0) is 25.9. The number of aromatic nitrogens is 5. The molecule has 1 aliphatic heterocycles. The highest BCUT2D eigenvalue weighted by Crippen LogP contribution is 2.33. The Labute approximate surface area is 213 Å². The first-order chi connectivity index (χ1) is 18.0. The zero-order valence-electron chi connectivity index (χ0n) is 20.5. The van der Waals surface area contributed by atoms with Crippen LogP contribution in [0.25, 0.3) is 27.8 Å². The molecule has 0 spiro atoms. The van der Waals surface area contributed by atoms with Gasteiger partial charge in [0, 0.05) is 49.3 Å². The van der Waals surface area contributed by atoms with E-state index < -0.39 is 5.91 Å². The van der Waals surface area contributed by atoms with Gasteiger partial charge in [0.2, 0.25) is 5.91 Å². The van der Waals surface area contributed by atoms with E-state index in [2.05, 4.69) is 44.9 Å². The van der Waals surface area contributed by atoms with Crippen LogP contribution in [0.15, 0.2) is 61.8 Å². The van der Waals surface area contributed by atoms with Crippen LogP contribution >= 0.6 is 0 Å². The van der Waals surface area contributed by atoms with Crippen LogP contribution in [0, 0.1) is 11.3 Å². The van der Waals surface area contributed by atoms with Crippen molar-refractivity contribution < 1.29 is 9.53 Å². The molecule has 4 aromatic heterocycles. The fourth-order valence-corrected chi connectivity index (χ4v) is 4.45. The van der Waals surface area contributed by atoms with E-state index >= 15 is 0 Å². The van der Waals surface area contributed by atoms with Gasteiger partial charge < -0.3 is 15.4 Å². The molecule has 0 radical (unpaired) electrons. The number of carbonyl (C=O) groups excluding carboxylic acids is 1. The molecule has 1 amide bonds. The Morgan fingerprint density at radius 2 is 2.08 bits per heavy atom. The van der Waals surface area contributed by atoms with E-state index in [0.29, 0.717) is 31.0 Å². The lowest BCUT2D eigenvalue weighted by Gasteiger charge is -2.28. The minimum absolute atomic E-state index is 0.189. The molecule has 4 aromatic rings. The second-order valence-electron chi connectivity index (χ2n) is 8.76. The van der Waals surface area contributed by atoms with Crippen molar-refractivity contribution in [3.8, 4) is 17.2 Å². The van der Waals surface area contributed by atoms with Gasteiger partial charge in [0.05, 0.1) is 59.8 Å². The number of nitrogens with two attached hydrogens (primary N) is 1. The normalized spacial score (nSPS) is 13.4. The maximum atomic E-state index is 11.4. The number of nitrogens with zero attached hydrogens (tertiary/aromatic N) is 7. The predicted octanol–water partition coefficient (Wildman–Crippen LogP) is 2.90. The van der Waals surface area contributed by atoms with Crippen molar-refractivity contribution in [3.05, 3.63) is 78.7 Å². The Kier molecular flexibility index (Phi) is 6.53.